The maximum absolute atomic E-state index is 9.78. The van der Waals surface area contributed by atoms with Gasteiger partial charge in [0.2, 0.25) is 8.32 Å². The topological polar surface area (TPSA) is 29.5 Å². The minimum Gasteiger partial charge on any atom is -0.454 e. The number of rotatable bonds is 5. The molecule has 0 saturated carbocycles. The van der Waals surface area contributed by atoms with Crippen LogP contribution in [0.15, 0.2) is 0 Å². The average molecular weight is 205 g/mol. The highest BCUT2D eigenvalue weighted by molar-refractivity contribution is 6.78. The van der Waals surface area contributed by atoms with Gasteiger partial charge in [-0.15, -0.1) is 0 Å². The van der Waals surface area contributed by atoms with Crippen molar-refractivity contribution in [3.05, 3.63) is 0 Å². The highest BCUT2D eigenvalue weighted by atomic mass is 28.4. The fourth-order valence-electron chi connectivity index (χ4n) is 1.22. The summed E-state index contributed by atoms with van der Waals surface area (Å²) in [5.41, 5.74) is -0.192. The lowest BCUT2D eigenvalue weighted by Gasteiger charge is -2.30. The lowest BCUT2D eigenvalue weighted by atomic mass is 10.4. The number of hydrogen-bond donors (Lipinski definition) is 1. The summed E-state index contributed by atoms with van der Waals surface area (Å²) in [7, 11) is -2.44. The quantitative estimate of drug-likeness (QED) is 0.697. The molecule has 0 heterocycles. The molecule has 0 saturated heterocycles. The molecule has 0 aromatic carbocycles. The second-order valence-corrected chi connectivity index (χ2v) is 10.4. The first-order chi connectivity index (χ1) is 5.40. The Morgan fingerprint density at radius 3 is 2.25 bits per heavy atom. The maximum atomic E-state index is 9.78. The van der Waals surface area contributed by atoms with Crippen molar-refractivity contribution in [1.82, 2.24) is 0 Å². The first-order valence-electron chi connectivity index (χ1n) is 4.57. The van der Waals surface area contributed by atoms with Crippen LogP contribution in [0.5, 0.6) is 0 Å². The van der Waals surface area contributed by atoms with Gasteiger partial charge in [-0.05, 0) is 32.6 Å². The Morgan fingerprint density at radius 2 is 1.92 bits per heavy atom. The minimum atomic E-state index is -1.79. The second-order valence-electron chi connectivity index (χ2n) is 3.92. The molecule has 0 rings (SSSR count). The van der Waals surface area contributed by atoms with Crippen LogP contribution in [0.2, 0.25) is 26.2 Å². The highest BCUT2D eigenvalue weighted by Gasteiger charge is 2.32. The molecule has 0 spiro atoms. The van der Waals surface area contributed by atoms with Crippen LogP contribution in [-0.4, -0.2) is 28.2 Å². The fraction of sp³-hybridized carbons (Fsp3) is 1.00. The molecule has 4 heteroatoms. The molecule has 0 aliphatic carbocycles. The second kappa shape index (κ2) is 5.16. The summed E-state index contributed by atoms with van der Waals surface area (Å²) >= 11 is 0. The Bertz CT molecular complexity index is 126. The zero-order valence-electron chi connectivity index (χ0n) is 8.85. The van der Waals surface area contributed by atoms with Gasteiger partial charge in [0.25, 0.3) is 0 Å². The Morgan fingerprint density at radius 1 is 1.42 bits per heavy atom. The van der Waals surface area contributed by atoms with Gasteiger partial charge in [0, 0.05) is 0 Å². The average Bonchev–Trinajstić information content (AvgIpc) is 1.85. The van der Waals surface area contributed by atoms with Crippen LogP contribution < -0.4 is 0 Å². The zero-order valence-corrected chi connectivity index (χ0v) is 10.8. The van der Waals surface area contributed by atoms with E-state index in [1.807, 2.05) is 0 Å². The molecule has 1 unspecified atom stereocenters. The standard InChI is InChI=1S/C8H21O2Si2/c1-6-7-8(9)12(4,5)10-11(2)3/h8-9H,6-7H2,1-5H3. The van der Waals surface area contributed by atoms with E-state index in [0.717, 1.165) is 12.8 Å². The van der Waals surface area contributed by atoms with Gasteiger partial charge in [-0.3, -0.25) is 0 Å². The SMILES string of the molecule is CCCC(O)[Si](C)(C)O[Si](C)C. The summed E-state index contributed by atoms with van der Waals surface area (Å²) in [6.07, 6.45) is 1.92. The minimum absolute atomic E-state index is 0.192. The molecule has 0 aliphatic heterocycles. The maximum Gasteiger partial charge on any atom is 0.202 e. The van der Waals surface area contributed by atoms with Crippen molar-refractivity contribution in [2.24, 2.45) is 0 Å². The fourth-order valence-corrected chi connectivity index (χ4v) is 6.95. The molecule has 0 aromatic rings. The van der Waals surface area contributed by atoms with Crippen molar-refractivity contribution in [3.8, 4) is 0 Å². The summed E-state index contributed by atoms with van der Waals surface area (Å²) in [6, 6.07) is 0. The smallest absolute Gasteiger partial charge is 0.202 e. The van der Waals surface area contributed by atoms with Crippen molar-refractivity contribution in [3.63, 3.8) is 0 Å². The molecule has 1 atom stereocenters. The van der Waals surface area contributed by atoms with E-state index >= 15 is 0 Å². The normalized spacial score (nSPS) is 15.2. The van der Waals surface area contributed by atoms with Gasteiger partial charge >= 0.3 is 0 Å². The van der Waals surface area contributed by atoms with Crippen molar-refractivity contribution >= 4 is 17.4 Å². The molecule has 0 amide bonds. The van der Waals surface area contributed by atoms with Crippen LogP contribution in [0.3, 0.4) is 0 Å². The molecule has 0 aromatic heterocycles. The van der Waals surface area contributed by atoms with E-state index in [9.17, 15) is 5.11 Å². The monoisotopic (exact) mass is 205 g/mol. The third kappa shape index (κ3) is 4.40. The lowest BCUT2D eigenvalue weighted by molar-refractivity contribution is 0.213. The zero-order chi connectivity index (χ0) is 9.78. The Kier molecular flexibility index (Phi) is 5.32. The van der Waals surface area contributed by atoms with Crippen LogP contribution in [-0.2, 0) is 4.12 Å². The van der Waals surface area contributed by atoms with Gasteiger partial charge in [0.1, 0.15) is 0 Å². The van der Waals surface area contributed by atoms with E-state index in [4.69, 9.17) is 4.12 Å². The summed E-state index contributed by atoms with van der Waals surface area (Å²) in [5, 5.41) is 9.78. The van der Waals surface area contributed by atoms with Crippen LogP contribution in [0.1, 0.15) is 19.8 Å². The first kappa shape index (κ1) is 12.4. The van der Waals surface area contributed by atoms with Gasteiger partial charge in [-0.2, -0.15) is 0 Å². The van der Waals surface area contributed by atoms with Crippen LogP contribution in [0.25, 0.3) is 0 Å². The summed E-state index contributed by atoms with van der Waals surface area (Å²) in [6.45, 7) is 10.5. The Balaban J connectivity index is 3.99. The van der Waals surface area contributed by atoms with Gasteiger partial charge < -0.3 is 9.22 Å². The van der Waals surface area contributed by atoms with E-state index in [-0.39, 0.29) is 5.73 Å². The summed E-state index contributed by atoms with van der Waals surface area (Å²) < 4.78 is 5.84. The van der Waals surface area contributed by atoms with E-state index in [2.05, 4.69) is 33.1 Å². The molecule has 1 N–H and O–H groups in total. The van der Waals surface area contributed by atoms with Crippen LogP contribution in [0.4, 0.5) is 0 Å². The van der Waals surface area contributed by atoms with E-state index < -0.39 is 17.4 Å². The Hall–Kier alpha value is 0.354. The third-order valence-corrected chi connectivity index (χ3v) is 7.46. The molecule has 1 radical (unpaired) electrons. The highest BCUT2D eigenvalue weighted by Crippen LogP contribution is 2.15. The Labute approximate surface area is 78.8 Å². The van der Waals surface area contributed by atoms with Crippen molar-refractivity contribution in [2.75, 3.05) is 0 Å². The van der Waals surface area contributed by atoms with E-state index in [1.54, 1.807) is 0 Å². The van der Waals surface area contributed by atoms with Crippen LogP contribution >= 0.6 is 0 Å². The molecule has 73 valence electrons. The molecular weight excluding hydrogens is 184 g/mol. The summed E-state index contributed by atoms with van der Waals surface area (Å²) in [4.78, 5) is 0. The number of hydrogen-bond acceptors (Lipinski definition) is 2. The number of aliphatic hydroxyl groups is 1. The van der Waals surface area contributed by atoms with Gasteiger partial charge in [0.05, 0.1) is 5.73 Å². The molecule has 0 bridgehead atoms. The molecule has 12 heavy (non-hydrogen) atoms. The lowest BCUT2D eigenvalue weighted by Crippen LogP contribution is -2.47. The number of aliphatic hydroxyl groups excluding tert-OH is 1. The van der Waals surface area contributed by atoms with Crippen molar-refractivity contribution in [2.45, 2.75) is 51.7 Å². The van der Waals surface area contributed by atoms with Gasteiger partial charge in [0.15, 0.2) is 9.04 Å². The molecule has 0 fully saturated rings. The van der Waals surface area contributed by atoms with E-state index in [0.29, 0.717) is 0 Å². The third-order valence-electron chi connectivity index (χ3n) is 1.83. The van der Waals surface area contributed by atoms with Crippen LogP contribution in [0, 0.1) is 0 Å². The molecular formula is C8H21O2Si2. The van der Waals surface area contributed by atoms with Gasteiger partial charge in [-0.1, -0.05) is 13.3 Å². The summed E-state index contributed by atoms with van der Waals surface area (Å²) in [5.74, 6) is 0. The largest absolute Gasteiger partial charge is 0.454 e. The molecule has 0 aliphatic rings. The van der Waals surface area contributed by atoms with Crippen molar-refractivity contribution < 1.29 is 9.22 Å². The first-order valence-corrected chi connectivity index (χ1v) is 9.96. The van der Waals surface area contributed by atoms with E-state index in [1.165, 1.54) is 0 Å². The molecule has 2 nitrogen and oxygen atoms in total. The predicted octanol–water partition coefficient (Wildman–Crippen LogP) is 2.16. The van der Waals surface area contributed by atoms with Crippen molar-refractivity contribution in [1.29, 1.82) is 0 Å². The predicted molar refractivity (Wildman–Crippen MR) is 57.0 cm³/mol. The van der Waals surface area contributed by atoms with Gasteiger partial charge in [-0.25, -0.2) is 0 Å².